The molecule has 0 radical (unpaired) electrons. The number of rotatable bonds is 5. The fourth-order valence-corrected chi connectivity index (χ4v) is 2.92. The van der Waals surface area contributed by atoms with Crippen LogP contribution >= 0.6 is 11.3 Å². The number of hydrazine groups is 1. The molecule has 102 valence electrons. The van der Waals surface area contributed by atoms with Crippen LogP contribution in [0.25, 0.3) is 0 Å². The van der Waals surface area contributed by atoms with Gasteiger partial charge in [-0.05, 0) is 13.8 Å². The smallest absolute Gasteiger partial charge is 0.0872 e. The van der Waals surface area contributed by atoms with Crippen molar-refractivity contribution in [2.75, 3.05) is 19.7 Å². The van der Waals surface area contributed by atoms with Crippen molar-refractivity contribution in [3.8, 4) is 0 Å². The van der Waals surface area contributed by atoms with E-state index in [1.165, 1.54) is 4.88 Å². The molecule has 0 bridgehead atoms. The van der Waals surface area contributed by atoms with Crippen LogP contribution in [-0.2, 0) is 11.2 Å². The van der Waals surface area contributed by atoms with Crippen LogP contribution in [-0.4, -0.2) is 47.8 Å². The summed E-state index contributed by atoms with van der Waals surface area (Å²) in [7, 11) is 0. The number of nitrogens with one attached hydrogen (secondary N) is 1. The minimum absolute atomic E-state index is 0.145. The Morgan fingerprint density at radius 2 is 2.50 bits per heavy atom. The van der Waals surface area contributed by atoms with Gasteiger partial charge in [-0.1, -0.05) is 0 Å². The highest BCUT2D eigenvalue weighted by molar-refractivity contribution is 7.09. The first kappa shape index (κ1) is 13.9. The third kappa shape index (κ3) is 3.49. The van der Waals surface area contributed by atoms with E-state index in [0.29, 0.717) is 6.04 Å². The average Bonchev–Trinajstić information content (AvgIpc) is 2.89. The second kappa shape index (κ2) is 6.58. The Kier molecular flexibility index (Phi) is 5.08. The van der Waals surface area contributed by atoms with E-state index in [2.05, 4.69) is 29.2 Å². The number of aromatic nitrogens is 1. The summed E-state index contributed by atoms with van der Waals surface area (Å²) in [6, 6.07) is 0.699. The first-order chi connectivity index (χ1) is 8.70. The van der Waals surface area contributed by atoms with Gasteiger partial charge in [0.2, 0.25) is 0 Å². The standard InChI is InChI=1S/C12H22N4OS/c1-9(2)16-3-4-17-12(7-16)11(15-13)5-10-6-14-8-18-10/h6,8-9,11-12,15H,3-5,7,13H2,1-2H3. The summed E-state index contributed by atoms with van der Waals surface area (Å²) in [6.07, 6.45) is 2.92. The molecule has 0 saturated carbocycles. The number of hydrogen-bond acceptors (Lipinski definition) is 6. The predicted molar refractivity (Wildman–Crippen MR) is 73.4 cm³/mol. The Morgan fingerprint density at radius 1 is 1.67 bits per heavy atom. The van der Waals surface area contributed by atoms with Gasteiger partial charge in [0.15, 0.2) is 0 Å². The first-order valence-corrected chi connectivity index (χ1v) is 7.28. The lowest BCUT2D eigenvalue weighted by molar-refractivity contribution is -0.0551. The molecule has 2 atom stereocenters. The van der Waals surface area contributed by atoms with Crippen LogP contribution in [0.1, 0.15) is 18.7 Å². The molecular formula is C12H22N4OS. The molecule has 0 aromatic carbocycles. The maximum atomic E-state index is 5.86. The van der Waals surface area contributed by atoms with Gasteiger partial charge >= 0.3 is 0 Å². The van der Waals surface area contributed by atoms with Gasteiger partial charge in [-0.2, -0.15) is 0 Å². The Labute approximate surface area is 112 Å². The van der Waals surface area contributed by atoms with E-state index >= 15 is 0 Å². The van der Waals surface area contributed by atoms with Crippen LogP contribution in [0.5, 0.6) is 0 Å². The molecule has 6 heteroatoms. The molecule has 2 rings (SSSR count). The third-order valence-electron chi connectivity index (χ3n) is 3.42. The Balaban J connectivity index is 1.94. The number of morpholine rings is 1. The van der Waals surface area contributed by atoms with Crippen LogP contribution in [0.2, 0.25) is 0 Å². The molecule has 2 unspecified atom stereocenters. The highest BCUT2D eigenvalue weighted by Crippen LogP contribution is 2.16. The minimum atomic E-state index is 0.145. The molecule has 5 nitrogen and oxygen atoms in total. The van der Waals surface area contributed by atoms with E-state index in [0.717, 1.165) is 26.1 Å². The predicted octanol–water partition coefficient (Wildman–Crippen LogP) is 0.627. The number of thiazole rings is 1. The average molecular weight is 270 g/mol. The highest BCUT2D eigenvalue weighted by atomic mass is 32.1. The molecule has 1 aromatic heterocycles. The zero-order chi connectivity index (χ0) is 13.0. The summed E-state index contributed by atoms with van der Waals surface area (Å²) in [5, 5.41) is 0. The highest BCUT2D eigenvalue weighted by Gasteiger charge is 2.28. The van der Waals surface area contributed by atoms with Gasteiger partial charge in [0.1, 0.15) is 0 Å². The fourth-order valence-electron chi connectivity index (χ4n) is 2.27. The molecule has 1 fully saturated rings. The van der Waals surface area contributed by atoms with Crippen LogP contribution in [0.15, 0.2) is 11.7 Å². The van der Waals surface area contributed by atoms with Crippen molar-refractivity contribution in [3.63, 3.8) is 0 Å². The summed E-state index contributed by atoms with van der Waals surface area (Å²) in [5.74, 6) is 5.68. The summed E-state index contributed by atoms with van der Waals surface area (Å²) >= 11 is 1.66. The van der Waals surface area contributed by atoms with E-state index in [1.54, 1.807) is 11.3 Å². The van der Waals surface area contributed by atoms with Crippen molar-refractivity contribution in [2.24, 2.45) is 5.84 Å². The van der Waals surface area contributed by atoms with E-state index in [4.69, 9.17) is 10.6 Å². The van der Waals surface area contributed by atoms with Crippen molar-refractivity contribution in [3.05, 3.63) is 16.6 Å². The minimum Gasteiger partial charge on any atom is -0.374 e. The number of nitrogens with zero attached hydrogens (tertiary/aromatic N) is 2. The van der Waals surface area contributed by atoms with Gasteiger partial charge in [0.05, 0.1) is 24.3 Å². The van der Waals surface area contributed by atoms with E-state index in [-0.39, 0.29) is 12.1 Å². The van der Waals surface area contributed by atoms with Gasteiger partial charge in [-0.25, -0.2) is 0 Å². The van der Waals surface area contributed by atoms with Gasteiger partial charge in [-0.3, -0.25) is 21.2 Å². The van der Waals surface area contributed by atoms with Crippen molar-refractivity contribution < 1.29 is 4.74 Å². The topological polar surface area (TPSA) is 63.4 Å². The van der Waals surface area contributed by atoms with Crippen LogP contribution in [0, 0.1) is 0 Å². The molecular weight excluding hydrogens is 248 g/mol. The van der Waals surface area contributed by atoms with Gasteiger partial charge < -0.3 is 4.74 Å². The summed E-state index contributed by atoms with van der Waals surface area (Å²) < 4.78 is 5.86. The molecule has 0 amide bonds. The van der Waals surface area contributed by atoms with E-state index < -0.39 is 0 Å². The lowest BCUT2D eigenvalue weighted by atomic mass is 10.0. The Morgan fingerprint density at radius 3 is 3.11 bits per heavy atom. The summed E-state index contributed by atoms with van der Waals surface area (Å²) in [5.41, 5.74) is 4.75. The van der Waals surface area contributed by atoms with Crippen molar-refractivity contribution in [1.29, 1.82) is 0 Å². The molecule has 0 spiro atoms. The van der Waals surface area contributed by atoms with Crippen molar-refractivity contribution in [1.82, 2.24) is 15.3 Å². The molecule has 1 saturated heterocycles. The molecule has 1 aliphatic rings. The Bertz CT molecular complexity index is 344. The first-order valence-electron chi connectivity index (χ1n) is 6.40. The third-order valence-corrected chi connectivity index (χ3v) is 4.22. The monoisotopic (exact) mass is 270 g/mol. The zero-order valence-electron chi connectivity index (χ0n) is 11.0. The van der Waals surface area contributed by atoms with Crippen LogP contribution < -0.4 is 11.3 Å². The zero-order valence-corrected chi connectivity index (χ0v) is 11.8. The number of ether oxygens (including phenoxy) is 1. The SMILES string of the molecule is CC(C)N1CCOC(C(Cc2cncs2)NN)C1. The molecule has 1 aliphatic heterocycles. The number of nitrogens with two attached hydrogens (primary N) is 1. The van der Waals surface area contributed by atoms with Crippen molar-refractivity contribution >= 4 is 11.3 Å². The molecule has 1 aromatic rings. The van der Waals surface area contributed by atoms with Crippen LogP contribution in [0.3, 0.4) is 0 Å². The summed E-state index contributed by atoms with van der Waals surface area (Å²) in [4.78, 5) is 7.77. The van der Waals surface area contributed by atoms with Crippen molar-refractivity contribution in [2.45, 2.75) is 38.5 Å². The lowest BCUT2D eigenvalue weighted by Gasteiger charge is -2.38. The van der Waals surface area contributed by atoms with Crippen LogP contribution in [0.4, 0.5) is 0 Å². The Hall–Kier alpha value is -0.530. The second-order valence-corrected chi connectivity index (χ2v) is 5.91. The largest absolute Gasteiger partial charge is 0.374 e. The van der Waals surface area contributed by atoms with Gasteiger partial charge in [0.25, 0.3) is 0 Å². The van der Waals surface area contributed by atoms with Gasteiger partial charge in [-0.15, -0.1) is 11.3 Å². The molecule has 0 aliphatic carbocycles. The molecule has 2 heterocycles. The quantitative estimate of drug-likeness (QED) is 0.607. The van der Waals surface area contributed by atoms with Gasteiger partial charge in [0, 0.05) is 36.6 Å². The summed E-state index contributed by atoms with van der Waals surface area (Å²) in [6.45, 7) is 7.16. The molecule has 3 N–H and O–H groups in total. The maximum absolute atomic E-state index is 5.86. The normalized spacial score (nSPS) is 23.4. The lowest BCUT2D eigenvalue weighted by Crippen LogP contribution is -2.55. The maximum Gasteiger partial charge on any atom is 0.0872 e. The van der Waals surface area contributed by atoms with E-state index in [9.17, 15) is 0 Å². The second-order valence-electron chi connectivity index (χ2n) is 4.94. The fraction of sp³-hybridized carbons (Fsp3) is 0.750. The number of hydrogen-bond donors (Lipinski definition) is 2. The molecule has 18 heavy (non-hydrogen) atoms. The van der Waals surface area contributed by atoms with E-state index in [1.807, 2.05) is 11.7 Å².